The Balaban J connectivity index is 1.85. The van der Waals surface area contributed by atoms with Crippen molar-refractivity contribution in [2.75, 3.05) is 25.6 Å². The standard InChI is InChI=1S/C19H23N3O4/c1-9-5-6-12-15(10(9)2)20-18(25)19(12)14-13(11(3)21-19)16(23)22(17(14)24)7-8-26-4/h5-6,11,13-14,21H,7-8H2,1-4H3,(H,20,25)/t11-,13+,14-,19+/m0/s1. The Morgan fingerprint density at radius 2 is 1.92 bits per heavy atom. The molecule has 3 heterocycles. The third-order valence-corrected chi connectivity index (χ3v) is 6.18. The average Bonchev–Trinajstić information content (AvgIpc) is 3.16. The number of methoxy groups -OCH3 is 1. The van der Waals surface area contributed by atoms with Crippen molar-refractivity contribution < 1.29 is 19.1 Å². The molecule has 4 rings (SSSR count). The number of imide groups is 1. The number of rotatable bonds is 3. The van der Waals surface area contributed by atoms with E-state index in [2.05, 4.69) is 10.6 Å². The fourth-order valence-electron chi connectivity index (χ4n) is 4.74. The van der Waals surface area contributed by atoms with Crippen LogP contribution >= 0.6 is 0 Å². The predicted molar refractivity (Wildman–Crippen MR) is 94.4 cm³/mol. The maximum atomic E-state index is 13.1. The number of fused-ring (bicyclic) bond motifs is 4. The summed E-state index contributed by atoms with van der Waals surface area (Å²) >= 11 is 0. The van der Waals surface area contributed by atoms with Crippen LogP contribution in [0.3, 0.4) is 0 Å². The quantitative estimate of drug-likeness (QED) is 0.777. The Morgan fingerprint density at radius 3 is 2.62 bits per heavy atom. The van der Waals surface area contributed by atoms with E-state index in [9.17, 15) is 14.4 Å². The van der Waals surface area contributed by atoms with Gasteiger partial charge in [0.2, 0.25) is 17.7 Å². The highest BCUT2D eigenvalue weighted by Crippen LogP contribution is 2.53. The maximum Gasteiger partial charge on any atom is 0.250 e. The molecular weight excluding hydrogens is 334 g/mol. The molecule has 4 atom stereocenters. The molecule has 0 aromatic heterocycles. The second-order valence-corrected chi connectivity index (χ2v) is 7.45. The monoisotopic (exact) mass is 357 g/mol. The van der Waals surface area contributed by atoms with E-state index in [4.69, 9.17) is 4.74 Å². The summed E-state index contributed by atoms with van der Waals surface area (Å²) in [4.78, 5) is 40.4. The number of amides is 3. The zero-order valence-electron chi connectivity index (χ0n) is 15.4. The van der Waals surface area contributed by atoms with E-state index in [0.29, 0.717) is 0 Å². The molecule has 2 N–H and O–H groups in total. The summed E-state index contributed by atoms with van der Waals surface area (Å²) in [5.41, 5.74) is 2.38. The van der Waals surface area contributed by atoms with Crippen molar-refractivity contribution >= 4 is 23.4 Å². The minimum atomic E-state index is -1.19. The Hall–Kier alpha value is -2.25. The smallest absolute Gasteiger partial charge is 0.250 e. The van der Waals surface area contributed by atoms with Gasteiger partial charge in [-0.2, -0.15) is 0 Å². The van der Waals surface area contributed by atoms with Crippen molar-refractivity contribution in [1.29, 1.82) is 0 Å². The first-order chi connectivity index (χ1) is 12.3. The number of aryl methyl sites for hydroxylation is 1. The van der Waals surface area contributed by atoms with Crippen molar-refractivity contribution in [2.45, 2.75) is 32.4 Å². The van der Waals surface area contributed by atoms with Gasteiger partial charge in [0.25, 0.3) is 0 Å². The van der Waals surface area contributed by atoms with Gasteiger partial charge in [-0.25, -0.2) is 0 Å². The number of hydrogen-bond acceptors (Lipinski definition) is 5. The summed E-state index contributed by atoms with van der Waals surface area (Å²) in [5, 5.41) is 6.27. The van der Waals surface area contributed by atoms with Crippen LogP contribution < -0.4 is 10.6 Å². The summed E-state index contributed by atoms with van der Waals surface area (Å²) in [7, 11) is 1.53. The van der Waals surface area contributed by atoms with Gasteiger partial charge in [-0.15, -0.1) is 0 Å². The van der Waals surface area contributed by atoms with E-state index in [1.807, 2.05) is 32.9 Å². The van der Waals surface area contributed by atoms with Gasteiger partial charge in [0.1, 0.15) is 5.54 Å². The van der Waals surface area contributed by atoms with Gasteiger partial charge in [0.05, 0.1) is 25.0 Å². The molecule has 0 aliphatic carbocycles. The van der Waals surface area contributed by atoms with Crippen molar-refractivity contribution in [3.63, 3.8) is 0 Å². The van der Waals surface area contributed by atoms with Crippen LogP contribution in [0.5, 0.6) is 0 Å². The van der Waals surface area contributed by atoms with Crippen molar-refractivity contribution in [2.24, 2.45) is 11.8 Å². The predicted octanol–water partition coefficient (Wildman–Crippen LogP) is 0.690. The van der Waals surface area contributed by atoms with E-state index in [1.54, 1.807) is 0 Å². The van der Waals surface area contributed by atoms with E-state index < -0.39 is 17.4 Å². The molecule has 0 radical (unpaired) electrons. The first-order valence-electron chi connectivity index (χ1n) is 8.88. The zero-order chi connectivity index (χ0) is 18.8. The number of carbonyl (C=O) groups excluding carboxylic acids is 3. The minimum Gasteiger partial charge on any atom is -0.383 e. The van der Waals surface area contributed by atoms with Crippen LogP contribution in [0, 0.1) is 25.7 Å². The van der Waals surface area contributed by atoms with Gasteiger partial charge < -0.3 is 10.1 Å². The van der Waals surface area contributed by atoms with Crippen LogP contribution in [-0.4, -0.2) is 48.9 Å². The van der Waals surface area contributed by atoms with Gasteiger partial charge in [0.15, 0.2) is 0 Å². The van der Waals surface area contributed by atoms with Gasteiger partial charge in [-0.1, -0.05) is 12.1 Å². The van der Waals surface area contributed by atoms with E-state index in [-0.39, 0.29) is 36.9 Å². The van der Waals surface area contributed by atoms with Crippen LogP contribution in [-0.2, 0) is 24.7 Å². The molecule has 7 nitrogen and oxygen atoms in total. The molecule has 1 spiro atoms. The third-order valence-electron chi connectivity index (χ3n) is 6.18. The fourth-order valence-corrected chi connectivity index (χ4v) is 4.74. The number of nitrogens with one attached hydrogen (secondary N) is 2. The molecule has 7 heteroatoms. The highest BCUT2D eigenvalue weighted by Gasteiger charge is 2.69. The van der Waals surface area contributed by atoms with Crippen molar-refractivity contribution in [3.05, 3.63) is 28.8 Å². The summed E-state index contributed by atoms with van der Waals surface area (Å²) in [6.45, 7) is 6.30. The highest BCUT2D eigenvalue weighted by atomic mass is 16.5. The summed E-state index contributed by atoms with van der Waals surface area (Å²) in [5.74, 6) is -2.05. The SMILES string of the molecule is COCCN1C(=O)[C@@H]2[C@H](C)N[C@@]3(C(=O)Nc4c3ccc(C)c4C)[C@@H]2C1=O. The number of anilines is 1. The Labute approximate surface area is 152 Å². The fraction of sp³-hybridized carbons (Fsp3) is 0.526. The lowest BCUT2D eigenvalue weighted by atomic mass is 9.76. The van der Waals surface area contributed by atoms with Crippen molar-refractivity contribution in [3.8, 4) is 0 Å². The average molecular weight is 357 g/mol. The first kappa shape index (κ1) is 17.2. The molecule has 2 saturated heterocycles. The molecule has 1 aromatic rings. The van der Waals surface area contributed by atoms with E-state index >= 15 is 0 Å². The largest absolute Gasteiger partial charge is 0.383 e. The Bertz CT molecular complexity index is 836. The summed E-state index contributed by atoms with van der Waals surface area (Å²) < 4.78 is 5.03. The number of benzene rings is 1. The lowest BCUT2D eigenvalue weighted by molar-refractivity contribution is -0.143. The molecule has 26 heavy (non-hydrogen) atoms. The molecule has 3 aliphatic rings. The third kappa shape index (κ3) is 1.92. The lowest BCUT2D eigenvalue weighted by Crippen LogP contribution is -2.53. The molecule has 1 aromatic carbocycles. The van der Waals surface area contributed by atoms with Crippen LogP contribution in [0.15, 0.2) is 12.1 Å². The zero-order valence-corrected chi connectivity index (χ0v) is 15.4. The molecule has 0 saturated carbocycles. The van der Waals surface area contributed by atoms with E-state index in [1.165, 1.54) is 12.0 Å². The number of likely N-dealkylation sites (tertiary alicyclic amines) is 1. The first-order valence-corrected chi connectivity index (χ1v) is 8.88. The van der Waals surface area contributed by atoms with Gasteiger partial charge in [-0.3, -0.25) is 24.6 Å². The summed E-state index contributed by atoms with van der Waals surface area (Å²) in [6.07, 6.45) is 0. The molecular formula is C19H23N3O4. The minimum absolute atomic E-state index is 0.214. The number of hydrogen-bond donors (Lipinski definition) is 2. The second-order valence-electron chi connectivity index (χ2n) is 7.45. The Kier molecular flexibility index (Phi) is 3.71. The van der Waals surface area contributed by atoms with E-state index in [0.717, 1.165) is 22.4 Å². The Morgan fingerprint density at radius 1 is 1.19 bits per heavy atom. The second kappa shape index (κ2) is 5.62. The topological polar surface area (TPSA) is 87.7 Å². The van der Waals surface area contributed by atoms with Crippen molar-refractivity contribution in [1.82, 2.24) is 10.2 Å². The number of nitrogens with zero attached hydrogens (tertiary/aromatic N) is 1. The van der Waals surface area contributed by atoms with Crippen LogP contribution in [0.4, 0.5) is 5.69 Å². The van der Waals surface area contributed by atoms with Crippen LogP contribution in [0.1, 0.15) is 23.6 Å². The lowest BCUT2D eigenvalue weighted by Gasteiger charge is -2.29. The molecule has 0 bridgehead atoms. The maximum absolute atomic E-state index is 13.1. The van der Waals surface area contributed by atoms with Crippen LogP contribution in [0.2, 0.25) is 0 Å². The molecule has 2 fully saturated rings. The van der Waals surface area contributed by atoms with Crippen LogP contribution in [0.25, 0.3) is 0 Å². The van der Waals surface area contributed by atoms with Gasteiger partial charge in [0, 0.05) is 24.4 Å². The molecule has 0 unspecified atom stereocenters. The number of carbonyl (C=O) groups is 3. The van der Waals surface area contributed by atoms with Gasteiger partial charge >= 0.3 is 0 Å². The normalized spacial score (nSPS) is 32.4. The van der Waals surface area contributed by atoms with Gasteiger partial charge in [-0.05, 0) is 31.9 Å². The molecule has 138 valence electrons. The molecule has 3 amide bonds. The highest BCUT2D eigenvalue weighted by molar-refractivity contribution is 6.15. The number of ether oxygens (including phenoxy) is 1. The summed E-state index contributed by atoms with van der Waals surface area (Å²) in [6, 6.07) is 3.58. The molecule has 3 aliphatic heterocycles.